The first-order valence-electron chi connectivity index (χ1n) is 6.70. The van der Waals surface area contributed by atoms with E-state index >= 15 is 0 Å². The fraction of sp³-hybridized carbons (Fsp3) is 0.714. The Morgan fingerprint density at radius 3 is 3.06 bits per heavy atom. The van der Waals surface area contributed by atoms with E-state index in [0.717, 1.165) is 6.54 Å². The van der Waals surface area contributed by atoms with Crippen LogP contribution < -0.4 is 0 Å². The minimum absolute atomic E-state index is 0.323. The molecule has 0 saturated carbocycles. The van der Waals surface area contributed by atoms with Crippen LogP contribution in [-0.2, 0) is 0 Å². The van der Waals surface area contributed by atoms with Crippen LogP contribution in [0.4, 0.5) is 0 Å². The average molecular weight is 253 g/mol. The molecule has 2 heterocycles. The van der Waals surface area contributed by atoms with Crippen molar-refractivity contribution in [2.24, 2.45) is 5.92 Å². The molecule has 0 aliphatic carbocycles. The number of piperidine rings is 1. The molecule has 2 unspecified atom stereocenters. The third kappa shape index (κ3) is 3.30. The van der Waals surface area contributed by atoms with E-state index in [1.807, 2.05) is 0 Å². The van der Waals surface area contributed by atoms with Crippen LogP contribution in [0.3, 0.4) is 0 Å². The predicted molar refractivity (Wildman–Crippen MR) is 73.6 cm³/mol. The molecule has 1 saturated heterocycles. The van der Waals surface area contributed by atoms with Crippen molar-refractivity contribution in [2.75, 3.05) is 26.2 Å². The Bertz CT molecular complexity index is 312. The summed E-state index contributed by atoms with van der Waals surface area (Å²) < 4.78 is 0. The van der Waals surface area contributed by atoms with Gasteiger partial charge in [0.05, 0.1) is 0 Å². The number of aliphatic hydroxyl groups is 1. The van der Waals surface area contributed by atoms with Crippen molar-refractivity contribution >= 4 is 11.3 Å². The summed E-state index contributed by atoms with van der Waals surface area (Å²) in [6.07, 6.45) is 3.74. The fourth-order valence-corrected chi connectivity index (χ4v) is 3.53. The van der Waals surface area contributed by atoms with E-state index < -0.39 is 0 Å². The van der Waals surface area contributed by atoms with E-state index in [9.17, 15) is 5.11 Å². The number of hydrogen-bond acceptors (Lipinski definition) is 3. The van der Waals surface area contributed by atoms with Crippen LogP contribution in [0.15, 0.2) is 16.8 Å². The third-order valence-corrected chi connectivity index (χ3v) is 4.55. The number of likely N-dealkylation sites (tertiary alicyclic amines) is 1. The maximum absolute atomic E-state index is 9.58. The second kappa shape index (κ2) is 6.53. The molecule has 1 aliphatic heterocycles. The van der Waals surface area contributed by atoms with Gasteiger partial charge in [-0.2, -0.15) is 11.3 Å². The summed E-state index contributed by atoms with van der Waals surface area (Å²) in [7, 11) is 0. The summed E-state index contributed by atoms with van der Waals surface area (Å²) in [6, 6.07) is 2.22. The van der Waals surface area contributed by atoms with Gasteiger partial charge in [-0.3, -0.25) is 0 Å². The Hall–Kier alpha value is -0.380. The molecular formula is C14H23NOS. The lowest BCUT2D eigenvalue weighted by Crippen LogP contribution is -2.41. The lowest BCUT2D eigenvalue weighted by molar-refractivity contribution is 0.101. The van der Waals surface area contributed by atoms with Gasteiger partial charge in [0.2, 0.25) is 0 Å². The quantitative estimate of drug-likeness (QED) is 0.872. The van der Waals surface area contributed by atoms with E-state index in [1.54, 1.807) is 11.3 Å². The Kier molecular flexibility index (Phi) is 5.01. The SMILES string of the molecule is CCCCN1CCC(c2ccsc2)C(CO)C1. The highest BCUT2D eigenvalue weighted by atomic mass is 32.1. The molecule has 17 heavy (non-hydrogen) atoms. The molecule has 0 aromatic carbocycles. The van der Waals surface area contributed by atoms with Crippen molar-refractivity contribution in [1.82, 2.24) is 4.90 Å². The zero-order valence-corrected chi connectivity index (χ0v) is 11.5. The van der Waals surface area contributed by atoms with Crippen molar-refractivity contribution < 1.29 is 5.11 Å². The van der Waals surface area contributed by atoms with Crippen LogP contribution in [0, 0.1) is 5.92 Å². The smallest absolute Gasteiger partial charge is 0.0477 e. The van der Waals surface area contributed by atoms with Gasteiger partial charge in [0, 0.05) is 19.1 Å². The van der Waals surface area contributed by atoms with Crippen molar-refractivity contribution in [3.63, 3.8) is 0 Å². The molecule has 96 valence electrons. The van der Waals surface area contributed by atoms with Crippen molar-refractivity contribution in [3.05, 3.63) is 22.4 Å². The van der Waals surface area contributed by atoms with Crippen LogP contribution in [0.5, 0.6) is 0 Å². The predicted octanol–water partition coefficient (Wildman–Crippen LogP) is 2.95. The van der Waals surface area contributed by atoms with Crippen LogP contribution in [0.25, 0.3) is 0 Å². The number of rotatable bonds is 5. The molecule has 1 aliphatic rings. The van der Waals surface area contributed by atoms with E-state index in [0.29, 0.717) is 18.4 Å². The lowest BCUT2D eigenvalue weighted by atomic mass is 9.82. The molecule has 1 N–H and O–H groups in total. The standard InChI is InChI=1S/C14H23NOS/c1-2-3-6-15-7-4-14(13(9-15)10-16)12-5-8-17-11-12/h5,8,11,13-14,16H,2-4,6-7,9-10H2,1H3. The molecule has 3 heteroatoms. The average Bonchev–Trinajstić information content (AvgIpc) is 2.89. The highest BCUT2D eigenvalue weighted by Gasteiger charge is 2.29. The van der Waals surface area contributed by atoms with Crippen LogP contribution in [-0.4, -0.2) is 36.2 Å². The normalized spacial score (nSPS) is 26.2. The van der Waals surface area contributed by atoms with Crippen molar-refractivity contribution in [1.29, 1.82) is 0 Å². The Morgan fingerprint density at radius 2 is 2.41 bits per heavy atom. The van der Waals surface area contributed by atoms with Gasteiger partial charge >= 0.3 is 0 Å². The molecule has 0 bridgehead atoms. The zero-order chi connectivity index (χ0) is 12.1. The van der Waals surface area contributed by atoms with E-state index in [2.05, 4.69) is 28.7 Å². The maximum Gasteiger partial charge on any atom is 0.0477 e. The first-order chi connectivity index (χ1) is 8.35. The highest BCUT2D eigenvalue weighted by molar-refractivity contribution is 7.07. The number of hydrogen-bond donors (Lipinski definition) is 1. The topological polar surface area (TPSA) is 23.5 Å². The number of thiophene rings is 1. The van der Waals surface area contributed by atoms with Gasteiger partial charge in [-0.15, -0.1) is 0 Å². The summed E-state index contributed by atoms with van der Waals surface area (Å²) in [6.45, 7) is 6.02. The summed E-state index contributed by atoms with van der Waals surface area (Å²) >= 11 is 1.77. The van der Waals surface area contributed by atoms with Gasteiger partial charge in [0.25, 0.3) is 0 Å². The molecule has 2 atom stereocenters. The van der Waals surface area contributed by atoms with Gasteiger partial charge in [-0.1, -0.05) is 13.3 Å². The molecule has 0 spiro atoms. The summed E-state index contributed by atoms with van der Waals surface area (Å²) in [4.78, 5) is 2.52. The number of nitrogens with zero attached hydrogens (tertiary/aromatic N) is 1. The van der Waals surface area contributed by atoms with Gasteiger partial charge in [0.15, 0.2) is 0 Å². The minimum Gasteiger partial charge on any atom is -0.396 e. The molecule has 2 nitrogen and oxygen atoms in total. The lowest BCUT2D eigenvalue weighted by Gasteiger charge is -2.37. The first kappa shape index (κ1) is 13.1. The van der Waals surface area contributed by atoms with Gasteiger partial charge in [-0.25, -0.2) is 0 Å². The first-order valence-corrected chi connectivity index (χ1v) is 7.64. The summed E-state index contributed by atoms with van der Waals surface area (Å²) in [5.41, 5.74) is 1.43. The summed E-state index contributed by atoms with van der Waals surface area (Å²) in [5, 5.41) is 14.0. The van der Waals surface area contributed by atoms with Crippen LogP contribution >= 0.6 is 11.3 Å². The monoisotopic (exact) mass is 253 g/mol. The highest BCUT2D eigenvalue weighted by Crippen LogP contribution is 2.33. The second-order valence-electron chi connectivity index (χ2n) is 5.05. The third-order valence-electron chi connectivity index (χ3n) is 3.85. The molecule has 1 aromatic rings. The Balaban J connectivity index is 1.94. The van der Waals surface area contributed by atoms with E-state index in [4.69, 9.17) is 0 Å². The van der Waals surface area contributed by atoms with Crippen LogP contribution in [0.1, 0.15) is 37.7 Å². The van der Waals surface area contributed by atoms with E-state index in [-0.39, 0.29) is 0 Å². The van der Waals surface area contributed by atoms with Crippen molar-refractivity contribution in [3.8, 4) is 0 Å². The minimum atomic E-state index is 0.323. The maximum atomic E-state index is 9.58. The number of unbranched alkanes of at least 4 members (excludes halogenated alkanes) is 1. The zero-order valence-electron chi connectivity index (χ0n) is 10.6. The number of aliphatic hydroxyl groups excluding tert-OH is 1. The fourth-order valence-electron chi connectivity index (χ4n) is 2.80. The Labute approximate surface area is 108 Å². The Morgan fingerprint density at radius 1 is 1.53 bits per heavy atom. The second-order valence-corrected chi connectivity index (χ2v) is 5.83. The van der Waals surface area contributed by atoms with Gasteiger partial charge < -0.3 is 10.0 Å². The molecule has 0 radical (unpaired) electrons. The largest absolute Gasteiger partial charge is 0.396 e. The molecular weight excluding hydrogens is 230 g/mol. The molecule has 0 amide bonds. The van der Waals surface area contributed by atoms with Crippen LogP contribution in [0.2, 0.25) is 0 Å². The summed E-state index contributed by atoms with van der Waals surface area (Å²) in [5.74, 6) is 0.999. The molecule has 1 fully saturated rings. The van der Waals surface area contributed by atoms with Crippen molar-refractivity contribution in [2.45, 2.75) is 32.1 Å². The molecule has 1 aromatic heterocycles. The van der Waals surface area contributed by atoms with E-state index in [1.165, 1.54) is 37.9 Å². The van der Waals surface area contributed by atoms with Gasteiger partial charge in [0.1, 0.15) is 0 Å². The van der Waals surface area contributed by atoms with Gasteiger partial charge in [-0.05, 0) is 54.2 Å². The molecule has 2 rings (SSSR count).